The van der Waals surface area contributed by atoms with Crippen molar-refractivity contribution >= 4 is 29.9 Å². The van der Waals surface area contributed by atoms with Gasteiger partial charge in [0.05, 0.1) is 6.26 Å². The van der Waals surface area contributed by atoms with E-state index in [9.17, 15) is 0 Å². The molecule has 0 amide bonds. The lowest BCUT2D eigenvalue weighted by molar-refractivity contribution is 0.174. The summed E-state index contributed by atoms with van der Waals surface area (Å²) < 4.78 is 10.8. The summed E-state index contributed by atoms with van der Waals surface area (Å²) in [6.45, 7) is 2.51. The van der Waals surface area contributed by atoms with Gasteiger partial charge in [-0.2, -0.15) is 0 Å². The molecule has 1 aromatic carbocycles. The van der Waals surface area contributed by atoms with Crippen LogP contribution in [0.15, 0.2) is 52.1 Å². The number of guanidine groups is 1. The van der Waals surface area contributed by atoms with E-state index >= 15 is 0 Å². The van der Waals surface area contributed by atoms with Gasteiger partial charge in [-0.1, -0.05) is 24.3 Å². The van der Waals surface area contributed by atoms with Gasteiger partial charge < -0.3 is 19.8 Å². The zero-order valence-corrected chi connectivity index (χ0v) is 20.2. The van der Waals surface area contributed by atoms with E-state index in [1.165, 1.54) is 24.0 Å². The maximum Gasteiger partial charge on any atom is 0.191 e. The van der Waals surface area contributed by atoms with E-state index in [1.807, 2.05) is 12.1 Å². The first-order valence-corrected chi connectivity index (χ1v) is 10.9. The molecule has 2 N–H and O–H groups in total. The number of nitrogens with zero attached hydrogens (tertiary/aromatic N) is 1. The zero-order chi connectivity index (χ0) is 19.9. The third-order valence-corrected chi connectivity index (χ3v) is 6.30. The van der Waals surface area contributed by atoms with Crippen LogP contribution < -0.4 is 10.6 Å². The molecule has 2 aliphatic carbocycles. The highest BCUT2D eigenvalue weighted by atomic mass is 127. The number of benzene rings is 1. The minimum Gasteiger partial charge on any atom is -0.469 e. The average Bonchev–Trinajstić information content (AvgIpc) is 3.33. The van der Waals surface area contributed by atoms with Gasteiger partial charge in [-0.3, -0.25) is 4.99 Å². The Kier molecular flexibility index (Phi) is 8.62. The first-order chi connectivity index (χ1) is 14.3. The SMILES string of the molecule is COCCC1(CN=C(NCCc2ccco2)NC2CCc3ccccc3C2)CC1.I. The number of ether oxygens (including phenoxy) is 1. The molecule has 5 nitrogen and oxygen atoms in total. The van der Waals surface area contributed by atoms with E-state index in [0.29, 0.717) is 11.5 Å². The van der Waals surface area contributed by atoms with Gasteiger partial charge in [0.15, 0.2) is 5.96 Å². The monoisotopic (exact) mass is 523 g/mol. The molecule has 2 aliphatic rings. The Balaban J connectivity index is 0.00000256. The Labute approximate surface area is 197 Å². The van der Waals surface area contributed by atoms with Gasteiger partial charge >= 0.3 is 0 Å². The fourth-order valence-electron chi connectivity index (χ4n) is 4.16. The number of aliphatic imine (C=N–C) groups is 1. The maximum atomic E-state index is 5.46. The second-order valence-corrected chi connectivity index (χ2v) is 8.52. The summed E-state index contributed by atoms with van der Waals surface area (Å²) in [7, 11) is 1.78. The standard InChI is InChI=1S/C24H33N3O2.HI/c1-28-16-13-24(11-12-24)18-26-23(25-14-10-22-7-4-15-29-22)27-21-9-8-19-5-2-3-6-20(19)17-21;/h2-7,15,21H,8-14,16-18H2,1H3,(H2,25,26,27);1H. The summed E-state index contributed by atoms with van der Waals surface area (Å²) in [5, 5.41) is 7.24. The molecular weight excluding hydrogens is 489 g/mol. The van der Waals surface area contributed by atoms with E-state index < -0.39 is 0 Å². The van der Waals surface area contributed by atoms with Crippen molar-refractivity contribution in [3.05, 3.63) is 59.5 Å². The third-order valence-electron chi connectivity index (χ3n) is 6.30. The fraction of sp³-hybridized carbons (Fsp3) is 0.542. The second kappa shape index (κ2) is 11.2. The van der Waals surface area contributed by atoms with Gasteiger partial charge in [0, 0.05) is 39.3 Å². The van der Waals surface area contributed by atoms with Crippen molar-refractivity contribution in [2.75, 3.05) is 26.8 Å². The number of furan rings is 1. The van der Waals surface area contributed by atoms with Gasteiger partial charge in [0.1, 0.15) is 5.76 Å². The van der Waals surface area contributed by atoms with Crippen molar-refractivity contribution in [3.63, 3.8) is 0 Å². The molecule has 0 aliphatic heterocycles. The minimum absolute atomic E-state index is 0. The van der Waals surface area contributed by atoms with Crippen LogP contribution in [0.25, 0.3) is 0 Å². The van der Waals surface area contributed by atoms with Gasteiger partial charge in [-0.25, -0.2) is 0 Å². The van der Waals surface area contributed by atoms with Gasteiger partial charge in [-0.15, -0.1) is 24.0 Å². The van der Waals surface area contributed by atoms with Crippen LogP contribution in [-0.2, 0) is 24.0 Å². The lowest BCUT2D eigenvalue weighted by Gasteiger charge is -2.27. The van der Waals surface area contributed by atoms with Crippen molar-refractivity contribution in [1.29, 1.82) is 0 Å². The summed E-state index contributed by atoms with van der Waals surface area (Å²) in [6.07, 6.45) is 9.54. The molecule has 1 aromatic heterocycles. The van der Waals surface area contributed by atoms with Gasteiger partial charge in [0.2, 0.25) is 0 Å². The molecule has 1 unspecified atom stereocenters. The highest BCUT2D eigenvalue weighted by Crippen LogP contribution is 2.48. The number of rotatable bonds is 9. The van der Waals surface area contributed by atoms with E-state index in [-0.39, 0.29) is 24.0 Å². The Morgan fingerprint density at radius 2 is 2.03 bits per heavy atom. The van der Waals surface area contributed by atoms with E-state index in [1.54, 1.807) is 13.4 Å². The molecule has 0 bridgehead atoms. The normalized spacial score (nSPS) is 19.5. The molecule has 1 fully saturated rings. The Hall–Kier alpha value is -1.54. The van der Waals surface area contributed by atoms with E-state index in [4.69, 9.17) is 14.1 Å². The highest BCUT2D eigenvalue weighted by Gasteiger charge is 2.41. The van der Waals surface area contributed by atoms with Crippen molar-refractivity contribution in [1.82, 2.24) is 10.6 Å². The van der Waals surface area contributed by atoms with Crippen LogP contribution in [0.1, 0.15) is 42.6 Å². The molecular formula is C24H34IN3O2. The lowest BCUT2D eigenvalue weighted by Crippen LogP contribution is -2.46. The van der Waals surface area contributed by atoms with Crippen LogP contribution in [0, 0.1) is 5.41 Å². The number of halogens is 1. The van der Waals surface area contributed by atoms with Crippen LogP contribution >= 0.6 is 24.0 Å². The fourth-order valence-corrected chi connectivity index (χ4v) is 4.16. The molecule has 164 valence electrons. The minimum atomic E-state index is 0. The molecule has 0 radical (unpaired) electrons. The van der Waals surface area contributed by atoms with Crippen molar-refractivity contribution in [3.8, 4) is 0 Å². The molecule has 30 heavy (non-hydrogen) atoms. The second-order valence-electron chi connectivity index (χ2n) is 8.52. The number of methoxy groups -OCH3 is 1. The first kappa shape index (κ1) is 23.1. The topological polar surface area (TPSA) is 58.8 Å². The van der Waals surface area contributed by atoms with E-state index in [2.05, 4.69) is 34.9 Å². The van der Waals surface area contributed by atoms with Crippen molar-refractivity contribution in [2.24, 2.45) is 10.4 Å². The summed E-state index contributed by atoms with van der Waals surface area (Å²) in [4.78, 5) is 4.99. The molecule has 0 spiro atoms. The van der Waals surface area contributed by atoms with Crippen LogP contribution in [0.3, 0.4) is 0 Å². The van der Waals surface area contributed by atoms with Crippen LogP contribution in [0.2, 0.25) is 0 Å². The quantitative estimate of drug-likeness (QED) is 0.292. The van der Waals surface area contributed by atoms with E-state index in [0.717, 1.165) is 63.5 Å². The average molecular weight is 523 g/mol. The number of fused-ring (bicyclic) bond motifs is 1. The summed E-state index contributed by atoms with van der Waals surface area (Å²) in [5.41, 5.74) is 3.31. The molecule has 6 heteroatoms. The molecule has 4 rings (SSSR count). The zero-order valence-electron chi connectivity index (χ0n) is 17.9. The van der Waals surface area contributed by atoms with Crippen molar-refractivity contribution < 1.29 is 9.15 Å². The Morgan fingerprint density at radius 1 is 1.20 bits per heavy atom. The smallest absolute Gasteiger partial charge is 0.191 e. The van der Waals surface area contributed by atoms with Crippen LogP contribution in [-0.4, -0.2) is 38.8 Å². The first-order valence-electron chi connectivity index (χ1n) is 10.9. The summed E-state index contributed by atoms with van der Waals surface area (Å²) >= 11 is 0. The highest BCUT2D eigenvalue weighted by molar-refractivity contribution is 14.0. The predicted octanol–water partition coefficient (Wildman–Crippen LogP) is 4.35. The number of hydrogen-bond donors (Lipinski definition) is 2. The molecule has 2 aromatic rings. The predicted molar refractivity (Wildman–Crippen MR) is 132 cm³/mol. The van der Waals surface area contributed by atoms with Crippen LogP contribution in [0.4, 0.5) is 0 Å². The van der Waals surface area contributed by atoms with Gasteiger partial charge in [0.25, 0.3) is 0 Å². The maximum absolute atomic E-state index is 5.46. The lowest BCUT2D eigenvalue weighted by atomic mass is 9.88. The summed E-state index contributed by atoms with van der Waals surface area (Å²) in [5.74, 6) is 1.94. The van der Waals surface area contributed by atoms with Crippen molar-refractivity contribution in [2.45, 2.75) is 51.0 Å². The molecule has 0 saturated heterocycles. The Bertz CT molecular complexity index is 803. The largest absolute Gasteiger partial charge is 0.469 e. The molecule has 1 atom stereocenters. The molecule has 1 heterocycles. The number of hydrogen-bond acceptors (Lipinski definition) is 3. The number of nitrogens with one attached hydrogen (secondary N) is 2. The number of aryl methyl sites for hydroxylation is 1. The molecule has 1 saturated carbocycles. The van der Waals surface area contributed by atoms with Crippen LogP contribution in [0.5, 0.6) is 0 Å². The summed E-state index contributed by atoms with van der Waals surface area (Å²) in [6, 6.07) is 13.2. The third kappa shape index (κ3) is 6.48. The van der Waals surface area contributed by atoms with Gasteiger partial charge in [-0.05, 0) is 67.2 Å². The Morgan fingerprint density at radius 3 is 2.77 bits per heavy atom.